The fourth-order valence-electron chi connectivity index (χ4n) is 8.19. The third-order valence-corrected chi connectivity index (χ3v) is 11.0. The van der Waals surface area contributed by atoms with Crippen molar-refractivity contribution in [3.8, 4) is 33.4 Å². The molecule has 0 aliphatic rings. The van der Waals surface area contributed by atoms with Gasteiger partial charge in [-0.3, -0.25) is 0 Å². The lowest BCUT2D eigenvalue weighted by Gasteiger charge is -2.28. The van der Waals surface area contributed by atoms with Crippen molar-refractivity contribution in [2.24, 2.45) is 0 Å². The van der Waals surface area contributed by atoms with Crippen LogP contribution < -0.4 is 9.80 Å². The summed E-state index contributed by atoms with van der Waals surface area (Å²) in [5.41, 5.74) is 13.8. The van der Waals surface area contributed by atoms with E-state index >= 15 is 0 Å². The van der Waals surface area contributed by atoms with Gasteiger partial charge in [0.15, 0.2) is 0 Å². The van der Waals surface area contributed by atoms with Crippen LogP contribution in [0.5, 0.6) is 0 Å². The summed E-state index contributed by atoms with van der Waals surface area (Å²) in [4.78, 5) is 4.75. The molecule has 0 amide bonds. The number of fused-ring (bicyclic) bond motifs is 2. The average molecular weight is 741 g/mol. The van der Waals surface area contributed by atoms with Gasteiger partial charge in [-0.05, 0) is 116 Å². The Balaban J connectivity index is 1.09. The molecule has 0 radical (unpaired) electrons. The summed E-state index contributed by atoms with van der Waals surface area (Å²) in [6, 6.07) is 87.3. The van der Waals surface area contributed by atoms with Gasteiger partial charge >= 0.3 is 0 Å². The molecular weight excluding hydrogens is 701 g/mol. The minimum atomic E-state index is 1.09. The van der Waals surface area contributed by atoms with Gasteiger partial charge in [-0.1, -0.05) is 176 Å². The molecule has 0 saturated carbocycles. The second-order valence-corrected chi connectivity index (χ2v) is 14.6. The van der Waals surface area contributed by atoms with Gasteiger partial charge in [-0.2, -0.15) is 0 Å². The average Bonchev–Trinajstić information content (AvgIpc) is 3.30. The zero-order chi connectivity index (χ0) is 38.7. The number of hydrogen-bond acceptors (Lipinski definition) is 2. The highest BCUT2D eigenvalue weighted by molar-refractivity contribution is 6.08. The van der Waals surface area contributed by atoms with E-state index in [1.807, 2.05) is 0 Å². The van der Waals surface area contributed by atoms with Gasteiger partial charge in [0.1, 0.15) is 0 Å². The van der Waals surface area contributed by atoms with Crippen molar-refractivity contribution in [3.05, 3.63) is 243 Å². The molecule has 0 N–H and O–H groups in total. The lowest BCUT2D eigenvalue weighted by Crippen LogP contribution is -2.11. The largest absolute Gasteiger partial charge is 0.310 e. The molecule has 0 saturated heterocycles. The monoisotopic (exact) mass is 740 g/mol. The van der Waals surface area contributed by atoms with Gasteiger partial charge in [0.25, 0.3) is 0 Å². The zero-order valence-corrected chi connectivity index (χ0v) is 32.0. The first-order valence-corrected chi connectivity index (χ1v) is 19.8. The van der Waals surface area contributed by atoms with Gasteiger partial charge in [0.05, 0.1) is 5.69 Å². The van der Waals surface area contributed by atoms with Gasteiger partial charge in [0.2, 0.25) is 0 Å². The molecule has 0 aliphatic heterocycles. The van der Waals surface area contributed by atoms with Crippen molar-refractivity contribution in [1.82, 2.24) is 0 Å². The molecule has 0 aliphatic carbocycles. The molecule has 0 spiro atoms. The molecule has 0 unspecified atom stereocenters. The van der Waals surface area contributed by atoms with Crippen LogP contribution in [0.3, 0.4) is 0 Å². The topological polar surface area (TPSA) is 6.48 Å². The first kappa shape index (κ1) is 34.8. The first-order valence-electron chi connectivity index (χ1n) is 19.8. The molecular formula is C56H40N2. The Morgan fingerprint density at radius 3 is 1.36 bits per heavy atom. The lowest BCUT2D eigenvalue weighted by molar-refractivity contribution is 1.29. The zero-order valence-electron chi connectivity index (χ0n) is 32.0. The number of anilines is 6. The maximum absolute atomic E-state index is 2.40. The molecule has 10 rings (SSSR count). The molecule has 2 nitrogen and oxygen atoms in total. The van der Waals surface area contributed by atoms with Crippen LogP contribution in [0.15, 0.2) is 243 Å². The van der Waals surface area contributed by atoms with Crippen LogP contribution >= 0.6 is 0 Å². The molecule has 2 heteroatoms. The Bertz CT molecular complexity index is 2970. The summed E-state index contributed by atoms with van der Waals surface area (Å²) >= 11 is 0. The van der Waals surface area contributed by atoms with Crippen LogP contribution in [-0.2, 0) is 0 Å². The maximum Gasteiger partial charge on any atom is 0.0546 e. The predicted molar refractivity (Wildman–Crippen MR) is 247 cm³/mol. The van der Waals surface area contributed by atoms with Crippen LogP contribution in [0, 0.1) is 0 Å². The molecule has 58 heavy (non-hydrogen) atoms. The van der Waals surface area contributed by atoms with Crippen LogP contribution in [-0.4, -0.2) is 0 Å². The van der Waals surface area contributed by atoms with E-state index in [2.05, 4.69) is 252 Å². The molecule has 10 aromatic carbocycles. The van der Waals surface area contributed by atoms with Crippen molar-refractivity contribution in [2.45, 2.75) is 0 Å². The molecule has 0 aromatic heterocycles. The maximum atomic E-state index is 2.40. The molecule has 0 heterocycles. The fourth-order valence-corrected chi connectivity index (χ4v) is 8.19. The van der Waals surface area contributed by atoms with Crippen LogP contribution in [0.1, 0.15) is 0 Å². The van der Waals surface area contributed by atoms with Crippen molar-refractivity contribution >= 4 is 55.7 Å². The Morgan fingerprint density at radius 2 is 0.672 bits per heavy atom. The Kier molecular flexibility index (Phi) is 9.27. The van der Waals surface area contributed by atoms with Crippen LogP contribution in [0.4, 0.5) is 34.1 Å². The second-order valence-electron chi connectivity index (χ2n) is 14.6. The summed E-state index contributed by atoms with van der Waals surface area (Å²) in [5, 5.41) is 4.83. The van der Waals surface area contributed by atoms with E-state index in [0.29, 0.717) is 0 Å². The van der Waals surface area contributed by atoms with Crippen molar-refractivity contribution in [2.75, 3.05) is 9.80 Å². The van der Waals surface area contributed by atoms with E-state index in [1.54, 1.807) is 0 Å². The van der Waals surface area contributed by atoms with E-state index in [9.17, 15) is 0 Å². The van der Waals surface area contributed by atoms with Gasteiger partial charge in [-0.25, -0.2) is 0 Å². The summed E-state index contributed by atoms with van der Waals surface area (Å²) < 4.78 is 0. The molecule has 0 fully saturated rings. The van der Waals surface area contributed by atoms with Gasteiger partial charge in [-0.15, -0.1) is 0 Å². The Morgan fingerprint density at radius 1 is 0.224 bits per heavy atom. The van der Waals surface area contributed by atoms with Crippen LogP contribution in [0.25, 0.3) is 54.9 Å². The number of para-hydroxylation sites is 1. The van der Waals surface area contributed by atoms with E-state index in [-0.39, 0.29) is 0 Å². The minimum Gasteiger partial charge on any atom is -0.310 e. The van der Waals surface area contributed by atoms with Crippen LogP contribution in [0.2, 0.25) is 0 Å². The number of nitrogens with zero attached hydrogens (tertiary/aromatic N) is 2. The quantitative estimate of drug-likeness (QED) is 0.145. The molecule has 0 bridgehead atoms. The first-order chi connectivity index (χ1) is 28.8. The smallest absolute Gasteiger partial charge is 0.0546 e. The SMILES string of the molecule is c1ccc(-c2ccc(N(c3ccc(-c4cccc5cccc(N(c6ccccc6)c6cccc(-c7ccccc7)c6)c45)cc3)c3ccc4ccccc4c3)cc2)cc1. The highest BCUT2D eigenvalue weighted by Crippen LogP contribution is 2.44. The minimum absolute atomic E-state index is 1.09. The van der Waals surface area contributed by atoms with Crippen molar-refractivity contribution < 1.29 is 0 Å². The molecule has 10 aromatic rings. The number of rotatable bonds is 9. The predicted octanol–water partition coefficient (Wildman–Crippen LogP) is 15.9. The summed E-state index contributed by atoms with van der Waals surface area (Å²) in [5.74, 6) is 0. The summed E-state index contributed by atoms with van der Waals surface area (Å²) in [6.45, 7) is 0. The van der Waals surface area contributed by atoms with Crippen molar-refractivity contribution in [1.29, 1.82) is 0 Å². The normalized spacial score (nSPS) is 11.1. The summed E-state index contributed by atoms with van der Waals surface area (Å²) in [7, 11) is 0. The second kappa shape index (κ2) is 15.5. The third-order valence-electron chi connectivity index (χ3n) is 11.0. The van der Waals surface area contributed by atoms with E-state index < -0.39 is 0 Å². The highest BCUT2D eigenvalue weighted by Gasteiger charge is 2.19. The Hall–Kier alpha value is -7.68. The highest BCUT2D eigenvalue weighted by atomic mass is 15.1. The number of benzene rings is 10. The van der Waals surface area contributed by atoms with Gasteiger partial charge < -0.3 is 9.80 Å². The third kappa shape index (κ3) is 6.78. The summed E-state index contributed by atoms with van der Waals surface area (Å²) in [6.07, 6.45) is 0. The van der Waals surface area contributed by atoms with Crippen molar-refractivity contribution in [3.63, 3.8) is 0 Å². The Labute approximate surface area is 340 Å². The van der Waals surface area contributed by atoms with E-state index in [1.165, 1.54) is 49.4 Å². The standard InChI is InChI=1S/C56H40N2/c1-4-15-41(16-5-1)44-29-34-50(35-30-44)57(53-38-31-43-19-10-11-20-47(43)40-53)51-36-32-45(33-37-51)54-27-13-21-46-22-14-28-55(56(46)54)58(49-24-8-3-9-25-49)52-26-12-23-48(39-52)42-17-6-2-7-18-42/h1-40H. The lowest BCUT2D eigenvalue weighted by atomic mass is 9.95. The van der Waals surface area contributed by atoms with Gasteiger partial charge in [0, 0.05) is 33.8 Å². The fraction of sp³-hybridized carbons (Fsp3) is 0. The van der Waals surface area contributed by atoms with E-state index in [4.69, 9.17) is 0 Å². The molecule has 274 valence electrons. The molecule has 0 atom stereocenters. The van der Waals surface area contributed by atoms with E-state index in [0.717, 1.165) is 39.7 Å². The number of hydrogen-bond donors (Lipinski definition) is 0.